The van der Waals surface area contributed by atoms with Gasteiger partial charge >= 0.3 is 0 Å². The highest BCUT2D eigenvalue weighted by Crippen LogP contribution is 2.28. The zero-order chi connectivity index (χ0) is 12.4. The van der Waals surface area contributed by atoms with Crippen LogP contribution in [0.4, 0.5) is 4.39 Å². The van der Waals surface area contributed by atoms with E-state index in [9.17, 15) is 4.39 Å². The number of nitrogens with two attached hydrogens (primary N) is 1. The van der Waals surface area contributed by atoms with Crippen LogP contribution in [0, 0.1) is 5.82 Å². The normalized spacial score (nSPS) is 12.7. The molecule has 1 atom stereocenters. The number of rotatable bonds is 3. The molecule has 17 heavy (non-hydrogen) atoms. The highest BCUT2D eigenvalue weighted by atomic mass is 79.9. The Balaban J connectivity index is 2.19. The molecule has 0 aliphatic heterocycles. The van der Waals surface area contributed by atoms with E-state index in [0.29, 0.717) is 11.1 Å². The first kappa shape index (κ1) is 12.8. The largest absolute Gasteiger partial charge is 0.457 e. The Morgan fingerprint density at radius 3 is 2.65 bits per heavy atom. The van der Waals surface area contributed by atoms with Gasteiger partial charge in [-0.15, -0.1) is 0 Å². The number of hydrogen-bond donors (Lipinski definition) is 1. The molecule has 0 spiro atoms. The van der Waals surface area contributed by atoms with Gasteiger partial charge in [-0.05, 0) is 46.1 Å². The van der Waals surface area contributed by atoms with Crippen molar-refractivity contribution in [2.24, 2.45) is 5.73 Å². The van der Waals surface area contributed by atoms with Crippen molar-refractivity contribution in [2.45, 2.75) is 12.5 Å². The van der Waals surface area contributed by atoms with E-state index in [1.165, 1.54) is 12.1 Å². The summed E-state index contributed by atoms with van der Waals surface area (Å²) in [6.07, 6.45) is 2.19. The zero-order valence-corrected chi connectivity index (χ0v) is 12.0. The minimum absolute atomic E-state index is 0.190. The second-order valence-corrected chi connectivity index (χ2v) is 5.27. The molecule has 1 heterocycles. The van der Waals surface area contributed by atoms with Gasteiger partial charge in [0, 0.05) is 16.1 Å². The summed E-state index contributed by atoms with van der Waals surface area (Å²) in [5.74, 6) is -0.265. The van der Waals surface area contributed by atoms with E-state index in [1.807, 2.05) is 6.07 Å². The summed E-state index contributed by atoms with van der Waals surface area (Å²) in [4.78, 5) is 0. The average molecular weight is 363 g/mol. The number of benzene rings is 1. The van der Waals surface area contributed by atoms with Gasteiger partial charge in [-0.2, -0.15) is 0 Å². The molecule has 0 saturated heterocycles. The minimum Gasteiger partial charge on any atom is -0.457 e. The van der Waals surface area contributed by atoms with Crippen LogP contribution in [0.1, 0.15) is 17.2 Å². The lowest BCUT2D eigenvalue weighted by Gasteiger charge is -2.11. The predicted octanol–water partition coefficient (Wildman–Crippen LogP) is 4.19. The van der Waals surface area contributed by atoms with Crippen molar-refractivity contribution in [3.05, 3.63) is 56.6 Å². The summed E-state index contributed by atoms with van der Waals surface area (Å²) < 4.78 is 19.4. The second kappa shape index (κ2) is 5.33. The maximum Gasteiger partial charge on any atom is 0.173 e. The quantitative estimate of drug-likeness (QED) is 0.889. The molecule has 2 rings (SSSR count). The van der Waals surface area contributed by atoms with Gasteiger partial charge < -0.3 is 10.2 Å². The lowest BCUT2D eigenvalue weighted by molar-refractivity contribution is 0.530. The molecule has 90 valence electrons. The molecule has 2 N–H and O–H groups in total. The van der Waals surface area contributed by atoms with Gasteiger partial charge in [-0.3, -0.25) is 0 Å². The summed E-state index contributed by atoms with van der Waals surface area (Å²) >= 11 is 6.62. The van der Waals surface area contributed by atoms with E-state index >= 15 is 0 Å². The van der Waals surface area contributed by atoms with Gasteiger partial charge in [0.25, 0.3) is 0 Å². The third-order valence-electron chi connectivity index (χ3n) is 2.50. The zero-order valence-electron chi connectivity index (χ0n) is 8.79. The Kier molecular flexibility index (Phi) is 4.01. The molecular weight excluding hydrogens is 353 g/mol. The van der Waals surface area contributed by atoms with Crippen LogP contribution in [0.2, 0.25) is 0 Å². The Labute approximate surface area is 115 Å². The SMILES string of the molecule is NC(Cc1ccc(F)cc1Br)c1ccoc1Br. The van der Waals surface area contributed by atoms with E-state index in [4.69, 9.17) is 10.2 Å². The van der Waals surface area contributed by atoms with E-state index in [0.717, 1.165) is 15.6 Å². The molecule has 2 nitrogen and oxygen atoms in total. The Hall–Kier alpha value is -0.650. The topological polar surface area (TPSA) is 39.2 Å². The van der Waals surface area contributed by atoms with Crippen molar-refractivity contribution >= 4 is 31.9 Å². The first-order valence-corrected chi connectivity index (χ1v) is 6.59. The standard InChI is InChI=1S/C12H10Br2FNO/c13-10-6-8(15)2-1-7(10)5-11(16)9-3-4-17-12(9)14/h1-4,6,11H,5,16H2. The maximum absolute atomic E-state index is 12.9. The van der Waals surface area contributed by atoms with Crippen LogP contribution in [0.25, 0.3) is 0 Å². The Morgan fingerprint density at radius 1 is 1.29 bits per heavy atom. The van der Waals surface area contributed by atoms with Crippen molar-refractivity contribution in [3.63, 3.8) is 0 Å². The Bertz CT molecular complexity index is 527. The molecule has 0 aliphatic rings. The van der Waals surface area contributed by atoms with Gasteiger partial charge in [-0.25, -0.2) is 4.39 Å². The fourth-order valence-corrected chi connectivity index (χ4v) is 2.65. The molecular formula is C12H10Br2FNO. The minimum atomic E-state index is -0.265. The van der Waals surface area contributed by atoms with Crippen LogP contribution in [-0.4, -0.2) is 0 Å². The van der Waals surface area contributed by atoms with E-state index < -0.39 is 0 Å². The van der Waals surface area contributed by atoms with Crippen LogP contribution in [0.5, 0.6) is 0 Å². The van der Waals surface area contributed by atoms with Crippen LogP contribution in [0.3, 0.4) is 0 Å². The van der Waals surface area contributed by atoms with Crippen molar-refractivity contribution in [1.29, 1.82) is 0 Å². The van der Waals surface area contributed by atoms with Crippen molar-refractivity contribution in [2.75, 3.05) is 0 Å². The van der Waals surface area contributed by atoms with Crippen LogP contribution < -0.4 is 5.73 Å². The van der Waals surface area contributed by atoms with E-state index in [1.54, 1.807) is 12.3 Å². The lowest BCUT2D eigenvalue weighted by Crippen LogP contribution is -2.13. The van der Waals surface area contributed by atoms with E-state index in [-0.39, 0.29) is 11.9 Å². The molecule has 2 aromatic rings. The third-order valence-corrected chi connectivity index (χ3v) is 3.88. The van der Waals surface area contributed by atoms with Gasteiger partial charge in [0.1, 0.15) is 5.82 Å². The molecule has 0 aliphatic carbocycles. The molecule has 0 bridgehead atoms. The number of halogens is 3. The van der Waals surface area contributed by atoms with E-state index in [2.05, 4.69) is 31.9 Å². The van der Waals surface area contributed by atoms with Crippen LogP contribution in [0.15, 0.2) is 44.1 Å². The molecule has 1 aromatic carbocycles. The summed E-state index contributed by atoms with van der Waals surface area (Å²) in [6, 6.07) is 6.23. The fraction of sp³-hybridized carbons (Fsp3) is 0.167. The summed E-state index contributed by atoms with van der Waals surface area (Å²) in [6.45, 7) is 0. The molecule has 0 amide bonds. The van der Waals surface area contributed by atoms with Crippen molar-refractivity contribution < 1.29 is 8.81 Å². The molecule has 0 radical (unpaired) electrons. The van der Waals surface area contributed by atoms with Crippen molar-refractivity contribution in [1.82, 2.24) is 0 Å². The summed E-state index contributed by atoms with van der Waals surface area (Å²) in [7, 11) is 0. The van der Waals surface area contributed by atoms with Crippen LogP contribution in [-0.2, 0) is 6.42 Å². The summed E-state index contributed by atoms with van der Waals surface area (Å²) in [5, 5.41) is 0. The summed E-state index contributed by atoms with van der Waals surface area (Å²) in [5.41, 5.74) is 7.94. The highest BCUT2D eigenvalue weighted by molar-refractivity contribution is 9.10. The second-order valence-electron chi connectivity index (χ2n) is 3.70. The molecule has 0 fully saturated rings. The number of hydrogen-bond acceptors (Lipinski definition) is 2. The highest BCUT2D eigenvalue weighted by Gasteiger charge is 2.14. The average Bonchev–Trinajstić information content (AvgIpc) is 2.68. The number of furan rings is 1. The first-order valence-electron chi connectivity index (χ1n) is 5.00. The molecule has 5 heteroatoms. The van der Waals surface area contributed by atoms with Crippen LogP contribution >= 0.6 is 31.9 Å². The lowest BCUT2D eigenvalue weighted by atomic mass is 10.0. The van der Waals surface area contributed by atoms with Gasteiger partial charge in [0.15, 0.2) is 4.67 Å². The fourth-order valence-electron chi connectivity index (χ4n) is 1.60. The first-order chi connectivity index (χ1) is 8.08. The van der Waals surface area contributed by atoms with Crippen molar-refractivity contribution in [3.8, 4) is 0 Å². The maximum atomic E-state index is 12.9. The predicted molar refractivity (Wildman–Crippen MR) is 71.1 cm³/mol. The third kappa shape index (κ3) is 2.97. The Morgan fingerprint density at radius 2 is 2.06 bits per heavy atom. The van der Waals surface area contributed by atoms with Gasteiger partial charge in [0.05, 0.1) is 6.26 Å². The molecule has 0 saturated carbocycles. The monoisotopic (exact) mass is 361 g/mol. The molecule has 1 aromatic heterocycles. The van der Waals surface area contributed by atoms with Gasteiger partial charge in [0.2, 0.25) is 0 Å². The smallest absolute Gasteiger partial charge is 0.173 e. The molecule has 1 unspecified atom stereocenters. The van der Waals surface area contributed by atoms with Gasteiger partial charge in [-0.1, -0.05) is 22.0 Å².